The minimum atomic E-state index is -0.352. The minimum Gasteiger partial charge on any atom is -0.423 e. The zero-order valence-electron chi connectivity index (χ0n) is 13.1. The number of benzene rings is 1. The highest BCUT2D eigenvalue weighted by atomic mass is 16.6. The molecule has 0 aliphatic carbocycles. The number of hydrogen-bond acceptors (Lipinski definition) is 4. The van der Waals surface area contributed by atoms with Gasteiger partial charge in [0.15, 0.2) is 11.5 Å². The molecule has 0 aromatic heterocycles. The van der Waals surface area contributed by atoms with E-state index in [-0.39, 0.29) is 24.3 Å². The van der Waals surface area contributed by atoms with Crippen molar-refractivity contribution in [1.82, 2.24) is 0 Å². The Bertz CT molecular complexity index is 468. The van der Waals surface area contributed by atoms with Crippen molar-refractivity contribution in [1.29, 1.82) is 0 Å². The first-order valence-corrected chi connectivity index (χ1v) is 7.59. The predicted molar refractivity (Wildman–Crippen MR) is 81.3 cm³/mol. The molecule has 0 aliphatic heterocycles. The fourth-order valence-corrected chi connectivity index (χ4v) is 1.84. The summed E-state index contributed by atoms with van der Waals surface area (Å²) in [5.74, 6) is -0.211. The van der Waals surface area contributed by atoms with Gasteiger partial charge in [-0.15, -0.1) is 0 Å². The van der Waals surface area contributed by atoms with Crippen molar-refractivity contribution >= 4 is 11.9 Å². The summed E-state index contributed by atoms with van der Waals surface area (Å²) in [6.45, 7) is 5.70. The Hall–Kier alpha value is -1.84. The largest absolute Gasteiger partial charge is 0.423 e. The summed E-state index contributed by atoms with van der Waals surface area (Å²) < 4.78 is 10.5. The second-order valence-electron chi connectivity index (χ2n) is 5.09. The third-order valence-corrected chi connectivity index (χ3v) is 3.22. The molecule has 116 valence electrons. The Morgan fingerprint density at radius 1 is 1.05 bits per heavy atom. The Morgan fingerprint density at radius 2 is 1.67 bits per heavy atom. The average Bonchev–Trinajstić information content (AvgIpc) is 2.49. The van der Waals surface area contributed by atoms with E-state index in [0.29, 0.717) is 11.5 Å². The summed E-state index contributed by atoms with van der Waals surface area (Å²) in [7, 11) is 0. The van der Waals surface area contributed by atoms with Crippen LogP contribution >= 0.6 is 0 Å². The van der Waals surface area contributed by atoms with Crippen LogP contribution in [0.1, 0.15) is 52.9 Å². The van der Waals surface area contributed by atoms with Gasteiger partial charge in [0.25, 0.3) is 0 Å². The molecule has 0 saturated heterocycles. The van der Waals surface area contributed by atoms with Crippen LogP contribution < -0.4 is 9.47 Å². The Balaban J connectivity index is 2.65. The van der Waals surface area contributed by atoms with Crippen LogP contribution in [0, 0.1) is 5.92 Å². The first kappa shape index (κ1) is 17.2. The number of hydrogen-bond donors (Lipinski definition) is 0. The summed E-state index contributed by atoms with van der Waals surface area (Å²) in [6.07, 6.45) is 4.33. The molecule has 1 rings (SSSR count). The fraction of sp³-hybridized carbons (Fsp3) is 0.529. The second kappa shape index (κ2) is 9.16. The molecule has 21 heavy (non-hydrogen) atoms. The molecule has 4 heteroatoms. The van der Waals surface area contributed by atoms with E-state index in [1.807, 2.05) is 6.92 Å². The van der Waals surface area contributed by atoms with Crippen molar-refractivity contribution in [2.75, 3.05) is 0 Å². The zero-order chi connectivity index (χ0) is 15.7. The highest BCUT2D eigenvalue weighted by Crippen LogP contribution is 2.28. The number of rotatable bonds is 8. The third-order valence-electron chi connectivity index (χ3n) is 3.22. The molecule has 0 aliphatic rings. The maximum atomic E-state index is 12.1. The number of ether oxygens (including phenoxy) is 2. The molecule has 0 spiro atoms. The highest BCUT2D eigenvalue weighted by molar-refractivity contribution is 5.77. The van der Waals surface area contributed by atoms with Crippen molar-refractivity contribution in [2.45, 2.75) is 52.9 Å². The van der Waals surface area contributed by atoms with Gasteiger partial charge in [-0.05, 0) is 18.6 Å². The number of carbonyl (C=O) groups is 2. The van der Waals surface area contributed by atoms with Crippen LogP contribution in [-0.2, 0) is 9.59 Å². The number of carbonyl (C=O) groups excluding carboxylic acids is 2. The van der Waals surface area contributed by atoms with Gasteiger partial charge in [-0.25, -0.2) is 0 Å². The van der Waals surface area contributed by atoms with Crippen LogP contribution in [0.25, 0.3) is 0 Å². The van der Waals surface area contributed by atoms with E-state index in [1.165, 1.54) is 0 Å². The molecule has 1 aromatic rings. The lowest BCUT2D eigenvalue weighted by Crippen LogP contribution is -2.18. The van der Waals surface area contributed by atoms with E-state index in [0.717, 1.165) is 25.7 Å². The molecule has 4 nitrogen and oxygen atoms in total. The quantitative estimate of drug-likeness (QED) is 0.411. The lowest BCUT2D eigenvalue weighted by Gasteiger charge is -2.13. The molecule has 1 unspecified atom stereocenters. The summed E-state index contributed by atoms with van der Waals surface area (Å²) in [5.41, 5.74) is 0. The summed E-state index contributed by atoms with van der Waals surface area (Å²) in [5, 5.41) is 0. The molecule has 0 fully saturated rings. The maximum Gasteiger partial charge on any atom is 0.314 e. The van der Waals surface area contributed by atoms with Gasteiger partial charge in [0.1, 0.15) is 0 Å². The minimum absolute atomic E-state index is 0.161. The van der Waals surface area contributed by atoms with E-state index in [4.69, 9.17) is 9.47 Å². The van der Waals surface area contributed by atoms with E-state index in [9.17, 15) is 9.59 Å². The van der Waals surface area contributed by atoms with Crippen LogP contribution in [0.3, 0.4) is 0 Å². The zero-order valence-corrected chi connectivity index (χ0v) is 13.1. The monoisotopic (exact) mass is 292 g/mol. The molecule has 1 aromatic carbocycles. The van der Waals surface area contributed by atoms with Gasteiger partial charge in [0.05, 0.1) is 5.92 Å². The van der Waals surface area contributed by atoms with E-state index >= 15 is 0 Å². The molecule has 0 heterocycles. The third kappa shape index (κ3) is 5.98. The van der Waals surface area contributed by atoms with Crippen LogP contribution in [0.15, 0.2) is 24.3 Å². The maximum absolute atomic E-state index is 12.1. The molecule has 1 atom stereocenters. The Labute approximate surface area is 126 Å². The van der Waals surface area contributed by atoms with Gasteiger partial charge in [-0.1, -0.05) is 52.2 Å². The van der Waals surface area contributed by atoms with Crippen LogP contribution in [-0.4, -0.2) is 11.9 Å². The smallest absolute Gasteiger partial charge is 0.314 e. The van der Waals surface area contributed by atoms with Crippen LogP contribution in [0.4, 0.5) is 0 Å². The summed E-state index contributed by atoms with van der Waals surface area (Å²) in [4.78, 5) is 23.4. The van der Waals surface area contributed by atoms with Crippen LogP contribution in [0.2, 0.25) is 0 Å². The fourth-order valence-electron chi connectivity index (χ4n) is 1.84. The number of esters is 2. The van der Waals surface area contributed by atoms with Crippen LogP contribution in [0.5, 0.6) is 11.5 Å². The Kier molecular flexibility index (Phi) is 7.51. The normalized spacial score (nSPS) is 11.8. The van der Waals surface area contributed by atoms with Gasteiger partial charge in [-0.3, -0.25) is 9.59 Å². The average molecular weight is 292 g/mol. The molecule has 0 bridgehead atoms. The van der Waals surface area contributed by atoms with E-state index < -0.39 is 0 Å². The van der Waals surface area contributed by atoms with Crippen molar-refractivity contribution in [3.05, 3.63) is 24.3 Å². The standard InChI is InChI=1S/C17H24O4/c1-4-6-7-10-13(3)17(19)21-15-12-9-8-11-14(15)20-16(18)5-2/h8-9,11-13H,4-7,10H2,1-3H3. The molecule has 0 saturated carbocycles. The van der Waals surface area contributed by atoms with Crippen molar-refractivity contribution in [2.24, 2.45) is 5.92 Å². The van der Waals surface area contributed by atoms with Crippen molar-refractivity contribution in [3.63, 3.8) is 0 Å². The second-order valence-corrected chi connectivity index (χ2v) is 5.09. The molecule has 0 amide bonds. The first-order chi connectivity index (χ1) is 10.1. The molecule has 0 N–H and O–H groups in total. The molecule has 0 radical (unpaired) electrons. The number of unbranched alkanes of at least 4 members (excludes halogenated alkanes) is 2. The Morgan fingerprint density at radius 3 is 2.24 bits per heavy atom. The molecular weight excluding hydrogens is 268 g/mol. The van der Waals surface area contributed by atoms with Gasteiger partial charge in [0.2, 0.25) is 0 Å². The van der Waals surface area contributed by atoms with Crippen molar-refractivity contribution in [3.8, 4) is 11.5 Å². The van der Waals surface area contributed by atoms with Gasteiger partial charge >= 0.3 is 11.9 Å². The predicted octanol–water partition coefficient (Wildman–Crippen LogP) is 4.12. The van der Waals surface area contributed by atoms with Gasteiger partial charge in [-0.2, -0.15) is 0 Å². The van der Waals surface area contributed by atoms with Gasteiger partial charge in [0, 0.05) is 6.42 Å². The summed E-state index contributed by atoms with van der Waals surface area (Å²) >= 11 is 0. The molecular formula is C17H24O4. The first-order valence-electron chi connectivity index (χ1n) is 7.59. The van der Waals surface area contributed by atoms with Crippen molar-refractivity contribution < 1.29 is 19.1 Å². The highest BCUT2D eigenvalue weighted by Gasteiger charge is 2.17. The van der Waals surface area contributed by atoms with E-state index in [1.54, 1.807) is 31.2 Å². The lowest BCUT2D eigenvalue weighted by molar-refractivity contribution is -0.140. The summed E-state index contributed by atoms with van der Waals surface area (Å²) in [6, 6.07) is 6.74. The van der Waals surface area contributed by atoms with E-state index in [2.05, 4.69) is 6.92 Å². The number of para-hydroxylation sites is 2. The van der Waals surface area contributed by atoms with Gasteiger partial charge < -0.3 is 9.47 Å². The lowest BCUT2D eigenvalue weighted by atomic mass is 10.0. The SMILES string of the molecule is CCCCCC(C)C(=O)Oc1ccccc1OC(=O)CC. The topological polar surface area (TPSA) is 52.6 Å².